The first-order valence-corrected chi connectivity index (χ1v) is 5.98. The maximum Gasteiger partial charge on any atom is 0.275 e. The van der Waals surface area contributed by atoms with E-state index in [-0.39, 0.29) is 5.91 Å². The number of methoxy groups -OCH3 is 1. The Bertz CT molecular complexity index is 616. The van der Waals surface area contributed by atoms with E-state index in [1.165, 1.54) is 13.3 Å². The van der Waals surface area contributed by atoms with E-state index in [4.69, 9.17) is 9.15 Å². The predicted molar refractivity (Wildman–Crippen MR) is 76.7 cm³/mol. The van der Waals surface area contributed by atoms with Crippen molar-refractivity contribution in [1.29, 1.82) is 0 Å². The first-order chi connectivity index (χ1) is 9.81. The lowest BCUT2D eigenvalue weighted by atomic mass is 10.2. The minimum Gasteiger partial charge on any atom is -0.496 e. The Labute approximate surface area is 116 Å². The van der Waals surface area contributed by atoms with Crippen LogP contribution in [-0.4, -0.2) is 19.2 Å². The zero-order chi connectivity index (χ0) is 14.2. The number of hydrogen-bond acceptors (Lipinski definition) is 4. The molecule has 1 amide bonds. The first kappa shape index (κ1) is 13.6. The summed E-state index contributed by atoms with van der Waals surface area (Å²) in [6.07, 6.45) is 6.45. The molecule has 0 atom stereocenters. The molecule has 1 N–H and O–H groups in total. The molecule has 0 aliphatic heterocycles. The molecule has 0 fully saturated rings. The van der Waals surface area contributed by atoms with E-state index >= 15 is 0 Å². The van der Waals surface area contributed by atoms with Crippen molar-refractivity contribution in [2.24, 2.45) is 5.10 Å². The van der Waals surface area contributed by atoms with Crippen molar-refractivity contribution in [3.63, 3.8) is 0 Å². The number of benzene rings is 1. The van der Waals surface area contributed by atoms with Crippen LogP contribution in [0.15, 0.2) is 58.3 Å². The highest BCUT2D eigenvalue weighted by molar-refractivity contribution is 5.97. The summed E-state index contributed by atoms with van der Waals surface area (Å²) in [4.78, 5) is 11.9. The fourth-order valence-corrected chi connectivity index (χ4v) is 1.56. The van der Waals surface area contributed by atoms with Crippen LogP contribution in [0.3, 0.4) is 0 Å². The van der Waals surface area contributed by atoms with Crippen LogP contribution in [0.25, 0.3) is 6.08 Å². The number of hydrazone groups is 1. The molecule has 0 spiro atoms. The average Bonchev–Trinajstić information content (AvgIpc) is 3.00. The molecule has 102 valence electrons. The van der Waals surface area contributed by atoms with Crippen molar-refractivity contribution < 1.29 is 13.9 Å². The standard InChI is InChI=1S/C15H14N2O3/c1-19-14-9-3-2-8-13(14)15(18)17-16-10-4-6-12-7-5-11-20-12/h2-11H,1H3,(H,17,18)/b6-4+,16-10+. The van der Waals surface area contributed by atoms with E-state index < -0.39 is 0 Å². The molecule has 0 radical (unpaired) electrons. The van der Waals surface area contributed by atoms with Crippen LogP contribution in [-0.2, 0) is 0 Å². The Morgan fingerprint density at radius 1 is 1.30 bits per heavy atom. The van der Waals surface area contributed by atoms with E-state index in [2.05, 4.69) is 10.5 Å². The largest absolute Gasteiger partial charge is 0.496 e. The molecule has 0 aliphatic rings. The van der Waals surface area contributed by atoms with Crippen LogP contribution in [0.2, 0.25) is 0 Å². The summed E-state index contributed by atoms with van der Waals surface area (Å²) in [5.74, 6) is 0.893. The number of nitrogens with zero attached hydrogens (tertiary/aromatic N) is 1. The molecule has 5 nitrogen and oxygen atoms in total. The van der Waals surface area contributed by atoms with E-state index in [0.717, 1.165) is 0 Å². The van der Waals surface area contributed by atoms with Gasteiger partial charge in [0.25, 0.3) is 5.91 Å². The highest BCUT2D eigenvalue weighted by Crippen LogP contribution is 2.16. The molecule has 2 rings (SSSR count). The monoisotopic (exact) mass is 270 g/mol. The number of para-hydroxylation sites is 1. The van der Waals surface area contributed by atoms with Crippen molar-refractivity contribution in [2.45, 2.75) is 0 Å². The zero-order valence-corrected chi connectivity index (χ0v) is 10.9. The lowest BCUT2D eigenvalue weighted by Gasteiger charge is -2.05. The third kappa shape index (κ3) is 3.58. The molecule has 2 aromatic rings. The summed E-state index contributed by atoms with van der Waals surface area (Å²) < 4.78 is 10.2. The number of hydrogen-bond donors (Lipinski definition) is 1. The molecule has 0 bridgehead atoms. The minimum atomic E-state index is -0.329. The van der Waals surface area contributed by atoms with Crippen molar-refractivity contribution in [2.75, 3.05) is 7.11 Å². The van der Waals surface area contributed by atoms with Gasteiger partial charge >= 0.3 is 0 Å². The Kier molecular flexibility index (Phi) is 4.72. The molecule has 0 unspecified atom stereocenters. The smallest absolute Gasteiger partial charge is 0.275 e. The molecule has 0 saturated carbocycles. The van der Waals surface area contributed by atoms with Crippen LogP contribution >= 0.6 is 0 Å². The molecular weight excluding hydrogens is 256 g/mol. The second kappa shape index (κ2) is 6.94. The second-order valence-electron chi connectivity index (χ2n) is 3.79. The number of rotatable bonds is 5. The van der Waals surface area contributed by atoms with Gasteiger partial charge in [-0.05, 0) is 36.4 Å². The zero-order valence-electron chi connectivity index (χ0n) is 10.9. The van der Waals surface area contributed by atoms with Gasteiger partial charge in [0.1, 0.15) is 11.5 Å². The number of carbonyl (C=O) groups excluding carboxylic acids is 1. The first-order valence-electron chi connectivity index (χ1n) is 5.98. The summed E-state index contributed by atoms with van der Waals surface area (Å²) >= 11 is 0. The van der Waals surface area contributed by atoms with Crippen molar-refractivity contribution in [3.8, 4) is 5.75 Å². The van der Waals surface area contributed by atoms with Gasteiger partial charge in [-0.15, -0.1) is 0 Å². The number of amides is 1. The van der Waals surface area contributed by atoms with Crippen LogP contribution in [0.5, 0.6) is 5.75 Å². The lowest BCUT2D eigenvalue weighted by molar-refractivity contribution is 0.0952. The number of nitrogens with one attached hydrogen (secondary N) is 1. The predicted octanol–water partition coefficient (Wildman–Crippen LogP) is 2.72. The van der Waals surface area contributed by atoms with Gasteiger partial charge in [0, 0.05) is 6.21 Å². The molecule has 0 saturated heterocycles. The fraction of sp³-hybridized carbons (Fsp3) is 0.0667. The summed E-state index contributed by atoms with van der Waals surface area (Å²) in [6.45, 7) is 0. The van der Waals surface area contributed by atoms with Gasteiger partial charge in [-0.1, -0.05) is 12.1 Å². The number of ether oxygens (including phenoxy) is 1. The van der Waals surface area contributed by atoms with Gasteiger partial charge in [0.05, 0.1) is 18.9 Å². The van der Waals surface area contributed by atoms with E-state index in [9.17, 15) is 4.79 Å². The van der Waals surface area contributed by atoms with Crippen molar-refractivity contribution in [1.82, 2.24) is 5.43 Å². The van der Waals surface area contributed by atoms with Crippen LogP contribution in [0.4, 0.5) is 0 Å². The van der Waals surface area contributed by atoms with Crippen LogP contribution in [0.1, 0.15) is 16.1 Å². The SMILES string of the molecule is COc1ccccc1C(=O)N/N=C/C=C/c1ccco1. The van der Waals surface area contributed by atoms with E-state index in [1.807, 2.05) is 6.07 Å². The Hall–Kier alpha value is -2.82. The van der Waals surface area contributed by atoms with Crippen molar-refractivity contribution in [3.05, 3.63) is 60.1 Å². The molecule has 20 heavy (non-hydrogen) atoms. The normalized spacial score (nSPS) is 11.1. The highest BCUT2D eigenvalue weighted by atomic mass is 16.5. The van der Waals surface area contributed by atoms with Gasteiger partial charge in [0.2, 0.25) is 0 Å². The summed E-state index contributed by atoms with van der Waals surface area (Å²) in [7, 11) is 1.52. The molecule has 1 aromatic carbocycles. The maximum atomic E-state index is 11.9. The van der Waals surface area contributed by atoms with Crippen LogP contribution in [0, 0.1) is 0 Å². The Morgan fingerprint density at radius 3 is 2.90 bits per heavy atom. The topological polar surface area (TPSA) is 63.8 Å². The van der Waals surface area contributed by atoms with Crippen LogP contribution < -0.4 is 10.2 Å². The Morgan fingerprint density at radius 2 is 2.15 bits per heavy atom. The molecule has 1 aromatic heterocycles. The van der Waals surface area contributed by atoms with Gasteiger partial charge in [0.15, 0.2) is 0 Å². The Balaban J connectivity index is 1.92. The number of carbonyl (C=O) groups is 1. The van der Waals surface area contributed by atoms with Gasteiger partial charge < -0.3 is 9.15 Å². The summed E-state index contributed by atoms with van der Waals surface area (Å²) in [5.41, 5.74) is 2.85. The van der Waals surface area contributed by atoms with Gasteiger partial charge in [-0.3, -0.25) is 4.79 Å². The van der Waals surface area contributed by atoms with Crippen molar-refractivity contribution >= 4 is 18.2 Å². The maximum absolute atomic E-state index is 11.9. The van der Waals surface area contributed by atoms with Gasteiger partial charge in [-0.2, -0.15) is 5.10 Å². The molecular formula is C15H14N2O3. The lowest BCUT2D eigenvalue weighted by Crippen LogP contribution is -2.18. The molecule has 0 aliphatic carbocycles. The number of allylic oxidation sites excluding steroid dienone is 1. The highest BCUT2D eigenvalue weighted by Gasteiger charge is 2.09. The van der Waals surface area contributed by atoms with Gasteiger partial charge in [-0.25, -0.2) is 5.43 Å². The minimum absolute atomic E-state index is 0.329. The molecule has 5 heteroatoms. The summed E-state index contributed by atoms with van der Waals surface area (Å²) in [6, 6.07) is 10.6. The second-order valence-corrected chi connectivity index (χ2v) is 3.79. The average molecular weight is 270 g/mol. The summed E-state index contributed by atoms with van der Waals surface area (Å²) in [5, 5.41) is 3.81. The fourth-order valence-electron chi connectivity index (χ4n) is 1.56. The third-order valence-electron chi connectivity index (χ3n) is 2.48. The third-order valence-corrected chi connectivity index (χ3v) is 2.48. The van der Waals surface area contributed by atoms with E-state index in [1.54, 1.807) is 48.7 Å². The number of furan rings is 1. The van der Waals surface area contributed by atoms with E-state index in [0.29, 0.717) is 17.1 Å². The molecule has 1 heterocycles. The quantitative estimate of drug-likeness (QED) is 0.671.